The molecule has 18 heavy (non-hydrogen) atoms. The quantitative estimate of drug-likeness (QED) is 0.859. The van der Waals surface area contributed by atoms with Crippen LogP contribution in [0, 0.1) is 5.92 Å². The molecule has 0 radical (unpaired) electrons. The van der Waals surface area contributed by atoms with Crippen molar-refractivity contribution in [2.24, 2.45) is 5.92 Å². The zero-order valence-electron chi connectivity index (χ0n) is 10.5. The summed E-state index contributed by atoms with van der Waals surface area (Å²) in [5.41, 5.74) is 0.702. The average Bonchev–Trinajstić information content (AvgIpc) is 2.35. The molecule has 1 aromatic carbocycles. The normalized spacial score (nSPS) is 23.4. The van der Waals surface area contributed by atoms with Gasteiger partial charge in [-0.2, -0.15) is 0 Å². The van der Waals surface area contributed by atoms with E-state index in [2.05, 4.69) is 12.2 Å². The van der Waals surface area contributed by atoms with E-state index in [0.717, 1.165) is 19.3 Å². The smallest absolute Gasteiger partial charge is 0.411 e. The van der Waals surface area contributed by atoms with Crippen LogP contribution >= 0.6 is 11.6 Å². The Morgan fingerprint density at radius 1 is 1.28 bits per heavy atom. The van der Waals surface area contributed by atoms with E-state index < -0.39 is 0 Å². The highest BCUT2D eigenvalue weighted by molar-refractivity contribution is 6.30. The SMILES string of the molecule is CC1CCCCC1OC(=O)Nc1ccc(Cl)cc1. The first-order chi connectivity index (χ1) is 8.65. The molecule has 2 rings (SSSR count). The van der Waals surface area contributed by atoms with Gasteiger partial charge in [-0.3, -0.25) is 5.32 Å². The predicted molar refractivity (Wildman–Crippen MR) is 73.0 cm³/mol. The number of carbonyl (C=O) groups is 1. The maximum Gasteiger partial charge on any atom is 0.411 e. The van der Waals surface area contributed by atoms with Gasteiger partial charge in [-0.25, -0.2) is 4.79 Å². The topological polar surface area (TPSA) is 38.3 Å². The molecule has 0 bridgehead atoms. The second-order valence-corrected chi connectivity index (χ2v) is 5.27. The largest absolute Gasteiger partial charge is 0.446 e. The number of halogens is 1. The number of hydrogen-bond acceptors (Lipinski definition) is 2. The maximum atomic E-state index is 11.7. The summed E-state index contributed by atoms with van der Waals surface area (Å²) in [5, 5.41) is 3.37. The number of benzene rings is 1. The van der Waals surface area contributed by atoms with Crippen LogP contribution in [-0.4, -0.2) is 12.2 Å². The van der Waals surface area contributed by atoms with E-state index in [-0.39, 0.29) is 12.2 Å². The number of ether oxygens (including phenoxy) is 1. The molecule has 1 aromatic rings. The highest BCUT2D eigenvalue weighted by Crippen LogP contribution is 2.26. The first kappa shape index (κ1) is 13.2. The Morgan fingerprint density at radius 3 is 2.61 bits per heavy atom. The zero-order chi connectivity index (χ0) is 13.0. The molecule has 0 heterocycles. The number of carbonyl (C=O) groups excluding carboxylic acids is 1. The lowest BCUT2D eigenvalue weighted by Gasteiger charge is -2.28. The zero-order valence-corrected chi connectivity index (χ0v) is 11.2. The fourth-order valence-electron chi connectivity index (χ4n) is 2.28. The lowest BCUT2D eigenvalue weighted by atomic mass is 9.88. The van der Waals surface area contributed by atoms with Crippen molar-refractivity contribution in [1.29, 1.82) is 0 Å². The molecule has 98 valence electrons. The third-order valence-corrected chi connectivity index (χ3v) is 3.63. The van der Waals surface area contributed by atoms with Crippen LogP contribution in [-0.2, 0) is 4.74 Å². The van der Waals surface area contributed by atoms with Gasteiger partial charge < -0.3 is 4.74 Å². The Labute approximate surface area is 112 Å². The van der Waals surface area contributed by atoms with Crippen molar-refractivity contribution >= 4 is 23.4 Å². The second kappa shape index (κ2) is 6.10. The summed E-state index contributed by atoms with van der Waals surface area (Å²) < 4.78 is 5.45. The van der Waals surface area contributed by atoms with Gasteiger partial charge in [0.25, 0.3) is 0 Å². The summed E-state index contributed by atoms with van der Waals surface area (Å²) in [6.07, 6.45) is 4.15. The van der Waals surface area contributed by atoms with Crippen LogP contribution in [0.1, 0.15) is 32.6 Å². The number of anilines is 1. The number of hydrogen-bond donors (Lipinski definition) is 1. The van der Waals surface area contributed by atoms with Crippen LogP contribution in [0.2, 0.25) is 5.02 Å². The fraction of sp³-hybridized carbons (Fsp3) is 0.500. The van der Waals surface area contributed by atoms with Crippen molar-refractivity contribution in [3.8, 4) is 0 Å². The predicted octanol–water partition coefficient (Wildman–Crippen LogP) is 4.47. The number of nitrogens with one attached hydrogen (secondary N) is 1. The Balaban J connectivity index is 1.86. The van der Waals surface area contributed by atoms with Crippen LogP contribution in [0.25, 0.3) is 0 Å². The molecule has 1 aliphatic rings. The minimum absolute atomic E-state index is 0.0473. The van der Waals surface area contributed by atoms with E-state index in [9.17, 15) is 4.79 Å². The Bertz CT molecular complexity index is 405. The summed E-state index contributed by atoms with van der Waals surface area (Å²) >= 11 is 5.78. The van der Waals surface area contributed by atoms with E-state index in [0.29, 0.717) is 16.6 Å². The minimum Gasteiger partial charge on any atom is -0.446 e. The molecule has 0 spiro atoms. The minimum atomic E-state index is -0.379. The van der Waals surface area contributed by atoms with Gasteiger partial charge >= 0.3 is 6.09 Å². The van der Waals surface area contributed by atoms with Gasteiger partial charge in [0, 0.05) is 10.7 Å². The first-order valence-electron chi connectivity index (χ1n) is 6.38. The highest BCUT2D eigenvalue weighted by atomic mass is 35.5. The number of rotatable bonds is 2. The summed E-state index contributed by atoms with van der Waals surface area (Å²) in [6, 6.07) is 6.99. The summed E-state index contributed by atoms with van der Waals surface area (Å²) in [6.45, 7) is 2.14. The average molecular weight is 268 g/mol. The highest BCUT2D eigenvalue weighted by Gasteiger charge is 2.24. The van der Waals surface area contributed by atoms with E-state index in [1.165, 1.54) is 6.42 Å². The summed E-state index contributed by atoms with van der Waals surface area (Å²) in [5.74, 6) is 0.453. The third kappa shape index (κ3) is 3.64. The van der Waals surface area contributed by atoms with Gasteiger partial charge in [0.1, 0.15) is 6.10 Å². The van der Waals surface area contributed by atoms with Gasteiger partial charge in [0.15, 0.2) is 0 Å². The molecular weight excluding hydrogens is 250 g/mol. The molecule has 4 heteroatoms. The van der Waals surface area contributed by atoms with E-state index >= 15 is 0 Å². The molecule has 0 aromatic heterocycles. The monoisotopic (exact) mass is 267 g/mol. The second-order valence-electron chi connectivity index (χ2n) is 4.84. The summed E-state index contributed by atoms with van der Waals surface area (Å²) in [4.78, 5) is 11.7. The lowest BCUT2D eigenvalue weighted by molar-refractivity contribution is 0.0524. The standard InChI is InChI=1S/C14H18ClNO2/c1-10-4-2-3-5-13(10)18-14(17)16-12-8-6-11(15)7-9-12/h6-10,13H,2-5H2,1H3,(H,16,17). The molecule has 1 saturated carbocycles. The van der Waals surface area contributed by atoms with E-state index in [1.54, 1.807) is 24.3 Å². The van der Waals surface area contributed by atoms with Gasteiger partial charge in [0.2, 0.25) is 0 Å². The van der Waals surface area contributed by atoms with E-state index in [1.807, 2.05) is 0 Å². The van der Waals surface area contributed by atoms with Crippen molar-refractivity contribution in [3.63, 3.8) is 0 Å². The molecule has 2 unspecified atom stereocenters. The van der Waals surface area contributed by atoms with Gasteiger partial charge in [-0.1, -0.05) is 24.9 Å². The van der Waals surface area contributed by atoms with Gasteiger partial charge in [-0.15, -0.1) is 0 Å². The molecule has 1 fully saturated rings. The number of amides is 1. The molecule has 0 saturated heterocycles. The van der Waals surface area contributed by atoms with E-state index in [4.69, 9.17) is 16.3 Å². The lowest BCUT2D eigenvalue weighted by Crippen LogP contribution is -2.30. The third-order valence-electron chi connectivity index (χ3n) is 3.38. The molecule has 2 atom stereocenters. The Kier molecular flexibility index (Phi) is 4.48. The molecular formula is C14H18ClNO2. The van der Waals surface area contributed by atoms with Crippen molar-refractivity contribution < 1.29 is 9.53 Å². The van der Waals surface area contributed by atoms with Crippen molar-refractivity contribution in [2.75, 3.05) is 5.32 Å². The van der Waals surface area contributed by atoms with Gasteiger partial charge in [0.05, 0.1) is 0 Å². The molecule has 1 aliphatic carbocycles. The Morgan fingerprint density at radius 2 is 1.94 bits per heavy atom. The first-order valence-corrected chi connectivity index (χ1v) is 6.76. The Hall–Kier alpha value is -1.22. The maximum absolute atomic E-state index is 11.7. The van der Waals surface area contributed by atoms with Crippen molar-refractivity contribution in [1.82, 2.24) is 0 Å². The van der Waals surface area contributed by atoms with Crippen molar-refractivity contribution in [3.05, 3.63) is 29.3 Å². The van der Waals surface area contributed by atoms with Crippen molar-refractivity contribution in [2.45, 2.75) is 38.7 Å². The van der Waals surface area contributed by atoms with Crippen LogP contribution in [0.4, 0.5) is 10.5 Å². The van der Waals surface area contributed by atoms with Crippen LogP contribution in [0.3, 0.4) is 0 Å². The summed E-state index contributed by atoms with van der Waals surface area (Å²) in [7, 11) is 0. The molecule has 3 nitrogen and oxygen atoms in total. The van der Waals surface area contributed by atoms with Crippen LogP contribution in [0.15, 0.2) is 24.3 Å². The molecule has 0 aliphatic heterocycles. The van der Waals surface area contributed by atoms with Gasteiger partial charge in [-0.05, 0) is 49.4 Å². The molecule has 1 N–H and O–H groups in total. The van der Waals surface area contributed by atoms with Crippen LogP contribution in [0.5, 0.6) is 0 Å². The van der Waals surface area contributed by atoms with Crippen LogP contribution < -0.4 is 5.32 Å². The fourth-order valence-corrected chi connectivity index (χ4v) is 2.40. The molecule has 1 amide bonds.